The fourth-order valence-corrected chi connectivity index (χ4v) is 3.73. The predicted molar refractivity (Wildman–Crippen MR) is 147 cm³/mol. The van der Waals surface area contributed by atoms with Crippen molar-refractivity contribution in [2.45, 2.75) is 17.7 Å². The summed E-state index contributed by atoms with van der Waals surface area (Å²) in [6.45, 7) is 7.58. The smallest absolute Gasteiger partial charge is 0.335 e. The molecule has 0 amide bonds. The van der Waals surface area contributed by atoms with Crippen LogP contribution in [0.15, 0.2) is 103 Å². The van der Waals surface area contributed by atoms with Crippen molar-refractivity contribution in [2.75, 3.05) is 13.2 Å². The maximum atomic E-state index is 12.6. The summed E-state index contributed by atoms with van der Waals surface area (Å²) in [4.78, 5) is 35.6. The molecule has 6 nitrogen and oxygen atoms in total. The first-order valence-electron chi connectivity index (χ1n) is 11.8. The predicted octanol–water partition coefficient (Wildman–Crippen LogP) is 6.00. The van der Waals surface area contributed by atoms with Crippen LogP contribution in [0.3, 0.4) is 0 Å². The minimum atomic E-state index is -0.537. The molecule has 192 valence electrons. The van der Waals surface area contributed by atoms with Crippen LogP contribution in [0.1, 0.15) is 34.3 Å². The fourth-order valence-electron chi connectivity index (χ4n) is 2.99. The lowest BCUT2D eigenvalue weighted by molar-refractivity contribution is -0.137. The van der Waals surface area contributed by atoms with Gasteiger partial charge in [-0.3, -0.25) is 4.79 Å². The number of carbonyl (C=O) groups is 3. The molecule has 7 heteroatoms. The second kappa shape index (κ2) is 14.9. The molecule has 3 aromatic rings. The maximum Gasteiger partial charge on any atom is 0.335 e. The van der Waals surface area contributed by atoms with Gasteiger partial charge in [-0.05, 0) is 97.4 Å². The number of esters is 2. The van der Waals surface area contributed by atoms with E-state index >= 15 is 0 Å². The van der Waals surface area contributed by atoms with Crippen LogP contribution in [0.2, 0.25) is 0 Å². The molecule has 0 fully saturated rings. The van der Waals surface area contributed by atoms with Gasteiger partial charge in [0.05, 0.1) is 13.2 Å². The van der Waals surface area contributed by atoms with E-state index in [0.717, 1.165) is 52.1 Å². The quantitative estimate of drug-likeness (QED) is 0.0757. The van der Waals surface area contributed by atoms with Crippen LogP contribution in [-0.4, -0.2) is 30.3 Å². The highest BCUT2D eigenvalue weighted by Gasteiger charge is 2.09. The lowest BCUT2D eigenvalue weighted by Gasteiger charge is -2.06. The molecule has 0 aromatic heterocycles. The van der Waals surface area contributed by atoms with Crippen molar-refractivity contribution in [3.63, 3.8) is 0 Å². The molecule has 0 aliphatic heterocycles. The molecule has 0 N–H and O–H groups in total. The van der Waals surface area contributed by atoms with Crippen molar-refractivity contribution in [3.05, 3.63) is 115 Å². The second-order valence-electron chi connectivity index (χ2n) is 7.77. The zero-order valence-corrected chi connectivity index (χ0v) is 21.5. The van der Waals surface area contributed by atoms with E-state index < -0.39 is 11.9 Å². The van der Waals surface area contributed by atoms with Gasteiger partial charge in [-0.25, -0.2) is 9.59 Å². The standard InChI is InChI=1S/C31H26O6S/c1-3-29(32)36-22-6-5-21-35-26-15-11-24(12-16-26)8-7-23-9-13-25(14-10-23)31(34)38-28-19-17-27(18-20-28)37-30(33)4-2/h3-4,9-20H,1-2,5-6,21-22H2. The molecule has 0 saturated heterocycles. The Morgan fingerprint density at radius 3 is 1.87 bits per heavy atom. The van der Waals surface area contributed by atoms with Gasteiger partial charge in [0.1, 0.15) is 11.5 Å². The average Bonchev–Trinajstić information content (AvgIpc) is 2.95. The van der Waals surface area contributed by atoms with Crippen molar-refractivity contribution in [1.29, 1.82) is 0 Å². The first-order valence-corrected chi connectivity index (χ1v) is 12.6. The van der Waals surface area contributed by atoms with Gasteiger partial charge in [-0.2, -0.15) is 0 Å². The first kappa shape index (κ1) is 28.0. The summed E-state index contributed by atoms with van der Waals surface area (Å²) in [5, 5.41) is -0.103. The molecule has 0 spiro atoms. The molecule has 0 atom stereocenters. The van der Waals surface area contributed by atoms with E-state index in [4.69, 9.17) is 14.2 Å². The molecule has 3 aromatic carbocycles. The van der Waals surface area contributed by atoms with E-state index in [2.05, 4.69) is 25.0 Å². The Bertz CT molecular complexity index is 1330. The minimum absolute atomic E-state index is 0.103. The number of hydrogen-bond acceptors (Lipinski definition) is 7. The number of ether oxygens (including phenoxy) is 3. The number of carbonyl (C=O) groups excluding carboxylic acids is 3. The van der Waals surface area contributed by atoms with Crippen LogP contribution >= 0.6 is 11.8 Å². The van der Waals surface area contributed by atoms with E-state index in [-0.39, 0.29) is 5.12 Å². The van der Waals surface area contributed by atoms with Gasteiger partial charge in [0.25, 0.3) is 0 Å². The van der Waals surface area contributed by atoms with Gasteiger partial charge in [-0.15, -0.1) is 0 Å². The second-order valence-corrected chi connectivity index (χ2v) is 8.81. The van der Waals surface area contributed by atoms with Crippen molar-refractivity contribution < 1.29 is 28.6 Å². The molecule has 0 heterocycles. The van der Waals surface area contributed by atoms with E-state index in [1.807, 2.05) is 36.4 Å². The highest BCUT2D eigenvalue weighted by molar-refractivity contribution is 8.14. The normalized spacial score (nSPS) is 9.89. The molecule has 38 heavy (non-hydrogen) atoms. The van der Waals surface area contributed by atoms with Gasteiger partial charge < -0.3 is 14.2 Å². The third kappa shape index (κ3) is 9.49. The summed E-state index contributed by atoms with van der Waals surface area (Å²) < 4.78 is 15.6. The largest absolute Gasteiger partial charge is 0.494 e. The first-order chi connectivity index (χ1) is 18.5. The monoisotopic (exact) mass is 526 g/mol. The fraction of sp³-hybridized carbons (Fsp3) is 0.129. The van der Waals surface area contributed by atoms with E-state index in [1.54, 1.807) is 36.4 Å². The lowest BCUT2D eigenvalue weighted by Crippen LogP contribution is -2.04. The van der Waals surface area contributed by atoms with Gasteiger partial charge in [0, 0.05) is 33.7 Å². The Labute approximate surface area is 226 Å². The summed E-state index contributed by atoms with van der Waals surface area (Å²) in [5.74, 6) is 6.38. The van der Waals surface area contributed by atoms with E-state index in [9.17, 15) is 14.4 Å². The van der Waals surface area contributed by atoms with E-state index in [1.165, 1.54) is 0 Å². The molecule has 0 aliphatic carbocycles. The Balaban J connectivity index is 1.46. The number of unbranched alkanes of at least 4 members (excludes halogenated alkanes) is 1. The van der Waals surface area contributed by atoms with Crippen LogP contribution in [-0.2, 0) is 14.3 Å². The average molecular weight is 527 g/mol. The van der Waals surface area contributed by atoms with Crippen LogP contribution in [0.5, 0.6) is 11.5 Å². The number of thioether (sulfide) groups is 1. The Hall–Kier alpha value is -4.54. The maximum absolute atomic E-state index is 12.6. The van der Waals surface area contributed by atoms with Crippen LogP contribution in [0.4, 0.5) is 0 Å². The van der Waals surface area contributed by atoms with Crippen LogP contribution < -0.4 is 9.47 Å². The Morgan fingerprint density at radius 2 is 1.26 bits per heavy atom. The van der Waals surface area contributed by atoms with Crippen molar-refractivity contribution in [1.82, 2.24) is 0 Å². The van der Waals surface area contributed by atoms with Crippen LogP contribution in [0, 0.1) is 11.8 Å². The van der Waals surface area contributed by atoms with Crippen molar-refractivity contribution >= 4 is 28.8 Å². The minimum Gasteiger partial charge on any atom is -0.494 e. The zero-order valence-electron chi connectivity index (χ0n) is 20.7. The van der Waals surface area contributed by atoms with Gasteiger partial charge in [0.15, 0.2) is 0 Å². The highest BCUT2D eigenvalue weighted by atomic mass is 32.2. The highest BCUT2D eigenvalue weighted by Crippen LogP contribution is 2.25. The SMILES string of the molecule is C=CC(=O)OCCCCOc1ccc(C#Cc2ccc(C(=O)Sc3ccc(OC(=O)C=C)cc3)cc2)cc1. The van der Waals surface area contributed by atoms with Crippen molar-refractivity contribution in [3.8, 4) is 23.3 Å². The molecular weight excluding hydrogens is 500 g/mol. The zero-order chi connectivity index (χ0) is 27.2. The number of rotatable bonds is 11. The summed E-state index contributed by atoms with van der Waals surface area (Å²) in [6.07, 6.45) is 3.72. The van der Waals surface area contributed by atoms with Gasteiger partial charge >= 0.3 is 11.9 Å². The van der Waals surface area contributed by atoms with Crippen LogP contribution in [0.25, 0.3) is 0 Å². The molecular formula is C31H26O6S. The number of hydrogen-bond donors (Lipinski definition) is 0. The molecule has 0 radical (unpaired) electrons. The molecule has 0 saturated carbocycles. The number of benzene rings is 3. The third-order valence-electron chi connectivity index (χ3n) is 4.96. The van der Waals surface area contributed by atoms with Crippen molar-refractivity contribution in [2.24, 2.45) is 0 Å². The van der Waals surface area contributed by atoms with Gasteiger partial charge in [0.2, 0.25) is 5.12 Å². The molecule has 3 rings (SSSR count). The molecule has 0 bridgehead atoms. The summed E-state index contributed by atoms with van der Waals surface area (Å²) in [6, 6.07) is 21.3. The third-order valence-corrected chi connectivity index (χ3v) is 5.89. The Morgan fingerprint density at radius 1 is 0.711 bits per heavy atom. The Kier molecular flexibility index (Phi) is 11.0. The van der Waals surface area contributed by atoms with Gasteiger partial charge in [-0.1, -0.05) is 25.0 Å². The molecule has 0 aliphatic rings. The molecule has 0 unspecified atom stereocenters. The summed E-state index contributed by atoms with van der Waals surface area (Å²) in [5.41, 5.74) is 2.19. The topological polar surface area (TPSA) is 78.9 Å². The summed E-state index contributed by atoms with van der Waals surface area (Å²) in [7, 11) is 0. The summed E-state index contributed by atoms with van der Waals surface area (Å²) >= 11 is 1.09. The lowest BCUT2D eigenvalue weighted by atomic mass is 10.1. The van der Waals surface area contributed by atoms with E-state index in [0.29, 0.717) is 30.9 Å².